The summed E-state index contributed by atoms with van der Waals surface area (Å²) in [5.41, 5.74) is 0.985. The third kappa shape index (κ3) is 6.34. The van der Waals surface area contributed by atoms with Crippen LogP contribution in [0.15, 0.2) is 30.5 Å². The fraction of sp³-hybridized carbons (Fsp3) is 0.522. The summed E-state index contributed by atoms with van der Waals surface area (Å²) < 4.78 is 40.3. The lowest BCUT2D eigenvalue weighted by Gasteiger charge is -2.17. The topological polar surface area (TPSA) is 73.4 Å². The highest BCUT2D eigenvalue weighted by molar-refractivity contribution is 5.78. The molecule has 2 aromatic rings. The van der Waals surface area contributed by atoms with Gasteiger partial charge < -0.3 is 15.5 Å². The second-order valence-corrected chi connectivity index (χ2v) is 8.52. The number of anilines is 3. The van der Waals surface area contributed by atoms with E-state index in [1.807, 2.05) is 24.3 Å². The number of hydrogen-bond acceptors (Lipinski definition) is 6. The predicted molar refractivity (Wildman–Crippen MR) is 120 cm³/mol. The smallest absolute Gasteiger partial charge is 0.369 e. The van der Waals surface area contributed by atoms with Crippen molar-refractivity contribution in [2.45, 2.75) is 44.8 Å². The first-order valence-electron chi connectivity index (χ1n) is 11.4. The van der Waals surface area contributed by atoms with Crippen LogP contribution in [0.1, 0.15) is 43.2 Å². The van der Waals surface area contributed by atoms with Gasteiger partial charge in [-0.15, -0.1) is 0 Å². The van der Waals surface area contributed by atoms with Gasteiger partial charge in [0.1, 0.15) is 11.4 Å². The molecule has 10 heteroatoms. The first-order valence-corrected chi connectivity index (χ1v) is 11.4. The number of hydrogen-bond donors (Lipinski definition) is 2. The first-order chi connectivity index (χ1) is 15.9. The molecule has 0 aliphatic carbocycles. The van der Waals surface area contributed by atoms with E-state index < -0.39 is 11.7 Å². The molecule has 1 aromatic heterocycles. The van der Waals surface area contributed by atoms with Crippen LogP contribution in [-0.2, 0) is 17.5 Å². The molecule has 2 aliphatic heterocycles. The third-order valence-corrected chi connectivity index (χ3v) is 5.98. The zero-order chi connectivity index (χ0) is 23.3. The van der Waals surface area contributed by atoms with Gasteiger partial charge in [0.25, 0.3) is 0 Å². The summed E-state index contributed by atoms with van der Waals surface area (Å²) in [6.45, 7) is 4.63. The number of alkyl halides is 3. The molecule has 0 unspecified atom stereocenters. The maximum Gasteiger partial charge on any atom is 0.421 e. The average molecular weight is 463 g/mol. The molecule has 0 spiro atoms. The lowest BCUT2D eigenvalue weighted by atomic mass is 10.2. The van der Waals surface area contributed by atoms with Crippen LogP contribution >= 0.6 is 0 Å². The minimum Gasteiger partial charge on any atom is -0.369 e. The van der Waals surface area contributed by atoms with Crippen molar-refractivity contribution in [3.8, 4) is 0 Å². The van der Waals surface area contributed by atoms with E-state index in [4.69, 9.17) is 0 Å². The summed E-state index contributed by atoms with van der Waals surface area (Å²) in [5, 5.41) is 5.77. The Balaban J connectivity index is 1.37. The minimum absolute atomic E-state index is 0.0903. The molecule has 0 radical (unpaired) electrons. The number of nitrogens with zero attached hydrogens (tertiary/aromatic N) is 4. The molecule has 0 saturated carbocycles. The number of benzene rings is 1. The van der Waals surface area contributed by atoms with Crippen LogP contribution < -0.4 is 10.6 Å². The van der Waals surface area contributed by atoms with Crippen molar-refractivity contribution in [3.63, 3.8) is 0 Å². The number of halogens is 3. The summed E-state index contributed by atoms with van der Waals surface area (Å²) in [5.74, 6) is -0.0723. The van der Waals surface area contributed by atoms with Crippen LogP contribution in [0.4, 0.5) is 30.6 Å². The third-order valence-electron chi connectivity index (χ3n) is 5.98. The molecule has 2 N–H and O–H groups in total. The van der Waals surface area contributed by atoms with E-state index in [9.17, 15) is 18.0 Å². The molecule has 0 bridgehead atoms. The Labute approximate surface area is 191 Å². The molecule has 7 nitrogen and oxygen atoms in total. The molecule has 0 atom stereocenters. The van der Waals surface area contributed by atoms with E-state index in [0.29, 0.717) is 31.6 Å². The van der Waals surface area contributed by atoms with Gasteiger partial charge in [0.05, 0.1) is 0 Å². The Kier molecular flexibility index (Phi) is 7.32. The first kappa shape index (κ1) is 23.3. The summed E-state index contributed by atoms with van der Waals surface area (Å²) in [6, 6.07) is 7.77. The summed E-state index contributed by atoms with van der Waals surface area (Å²) in [4.78, 5) is 23.8. The standard InChI is InChI=1S/C23H29F3N6O/c24-23(25,26)19-15-28-22(30-21(19)27-10-4-14-32-13-3-5-20(32)33)29-18-8-6-17(7-9-18)16-31-11-1-2-12-31/h6-9,15H,1-5,10-14,16H2,(H2,27,28,29,30). The van der Waals surface area contributed by atoms with Crippen molar-refractivity contribution in [2.75, 3.05) is 43.4 Å². The summed E-state index contributed by atoms with van der Waals surface area (Å²) in [6.07, 6.45) is 0.618. The Hall–Kier alpha value is -2.88. The van der Waals surface area contributed by atoms with E-state index in [-0.39, 0.29) is 24.2 Å². The van der Waals surface area contributed by atoms with Crippen LogP contribution in [-0.4, -0.2) is 58.4 Å². The number of rotatable bonds is 9. The fourth-order valence-corrected chi connectivity index (χ4v) is 4.22. The van der Waals surface area contributed by atoms with Gasteiger partial charge in [0.2, 0.25) is 11.9 Å². The number of amides is 1. The zero-order valence-corrected chi connectivity index (χ0v) is 18.5. The molecular weight excluding hydrogens is 433 g/mol. The van der Waals surface area contributed by atoms with Gasteiger partial charge in [-0.2, -0.15) is 18.2 Å². The second-order valence-electron chi connectivity index (χ2n) is 8.52. The SMILES string of the molecule is O=C1CCCN1CCCNc1nc(Nc2ccc(CN3CCCC3)cc2)ncc1C(F)(F)F. The maximum atomic E-state index is 13.4. The summed E-state index contributed by atoms with van der Waals surface area (Å²) in [7, 11) is 0. The van der Waals surface area contributed by atoms with Gasteiger partial charge in [0, 0.05) is 44.5 Å². The van der Waals surface area contributed by atoms with Gasteiger partial charge in [-0.05, 0) is 56.5 Å². The lowest BCUT2D eigenvalue weighted by molar-refractivity contribution is -0.137. The van der Waals surface area contributed by atoms with E-state index in [1.54, 1.807) is 4.90 Å². The van der Waals surface area contributed by atoms with Crippen molar-refractivity contribution in [2.24, 2.45) is 0 Å². The van der Waals surface area contributed by atoms with Crippen LogP contribution in [0.3, 0.4) is 0 Å². The monoisotopic (exact) mass is 462 g/mol. The Morgan fingerprint density at radius 2 is 1.79 bits per heavy atom. The highest BCUT2D eigenvalue weighted by Gasteiger charge is 2.35. The van der Waals surface area contributed by atoms with Gasteiger partial charge in [0.15, 0.2) is 0 Å². The molecule has 33 heavy (non-hydrogen) atoms. The molecule has 1 aromatic carbocycles. The number of carbonyl (C=O) groups excluding carboxylic acids is 1. The van der Waals surface area contributed by atoms with Crippen molar-refractivity contribution >= 4 is 23.4 Å². The highest BCUT2D eigenvalue weighted by atomic mass is 19.4. The second kappa shape index (κ2) is 10.4. The highest BCUT2D eigenvalue weighted by Crippen LogP contribution is 2.34. The van der Waals surface area contributed by atoms with E-state index in [2.05, 4.69) is 25.5 Å². The average Bonchev–Trinajstić information content (AvgIpc) is 3.44. The van der Waals surface area contributed by atoms with Gasteiger partial charge in [-0.1, -0.05) is 12.1 Å². The Morgan fingerprint density at radius 1 is 1.03 bits per heavy atom. The molecular formula is C23H29F3N6O. The van der Waals surface area contributed by atoms with E-state index >= 15 is 0 Å². The Bertz CT molecular complexity index is 944. The molecule has 3 heterocycles. The van der Waals surface area contributed by atoms with Gasteiger partial charge >= 0.3 is 6.18 Å². The quantitative estimate of drug-likeness (QED) is 0.543. The number of aromatic nitrogens is 2. The predicted octanol–water partition coefficient (Wildman–Crippen LogP) is 4.26. The zero-order valence-electron chi connectivity index (χ0n) is 18.5. The number of nitrogens with one attached hydrogen (secondary N) is 2. The minimum atomic E-state index is -4.57. The van der Waals surface area contributed by atoms with E-state index in [1.165, 1.54) is 18.4 Å². The van der Waals surface area contributed by atoms with Gasteiger partial charge in [-0.3, -0.25) is 9.69 Å². The van der Waals surface area contributed by atoms with Crippen LogP contribution in [0, 0.1) is 0 Å². The van der Waals surface area contributed by atoms with Crippen molar-refractivity contribution < 1.29 is 18.0 Å². The normalized spacial score (nSPS) is 17.1. The lowest BCUT2D eigenvalue weighted by Crippen LogP contribution is -2.27. The molecule has 4 rings (SSSR count). The van der Waals surface area contributed by atoms with Crippen molar-refractivity contribution in [1.82, 2.24) is 19.8 Å². The fourth-order valence-electron chi connectivity index (χ4n) is 4.22. The van der Waals surface area contributed by atoms with Crippen LogP contribution in [0.2, 0.25) is 0 Å². The molecule has 1 amide bonds. The van der Waals surface area contributed by atoms with Crippen LogP contribution in [0.5, 0.6) is 0 Å². The van der Waals surface area contributed by atoms with Gasteiger partial charge in [-0.25, -0.2) is 4.98 Å². The molecule has 2 saturated heterocycles. The maximum absolute atomic E-state index is 13.4. The summed E-state index contributed by atoms with van der Waals surface area (Å²) >= 11 is 0. The largest absolute Gasteiger partial charge is 0.421 e. The van der Waals surface area contributed by atoms with Crippen LogP contribution in [0.25, 0.3) is 0 Å². The van der Waals surface area contributed by atoms with Crippen molar-refractivity contribution in [3.05, 3.63) is 41.6 Å². The molecule has 2 fully saturated rings. The number of carbonyl (C=O) groups is 1. The van der Waals surface area contributed by atoms with E-state index in [0.717, 1.165) is 32.3 Å². The molecule has 2 aliphatic rings. The van der Waals surface area contributed by atoms with Crippen molar-refractivity contribution in [1.29, 1.82) is 0 Å². The number of likely N-dealkylation sites (tertiary alicyclic amines) is 2. The Morgan fingerprint density at radius 3 is 2.45 bits per heavy atom. The molecule has 178 valence electrons.